The molecule has 1 aliphatic rings. The number of methoxy groups -OCH3 is 1. The van der Waals surface area contributed by atoms with Gasteiger partial charge in [-0.05, 0) is 18.2 Å². The lowest BCUT2D eigenvalue weighted by atomic mass is 9.94. The number of esters is 1. The quantitative estimate of drug-likeness (QED) is 0.588. The minimum atomic E-state index is -4.52. The van der Waals surface area contributed by atoms with E-state index in [9.17, 15) is 22.8 Å². The highest BCUT2D eigenvalue weighted by atomic mass is 19.4. The Kier molecular flexibility index (Phi) is 3.69. The summed E-state index contributed by atoms with van der Waals surface area (Å²) in [6, 6.07) is 2.59. The van der Waals surface area contributed by atoms with Crippen molar-refractivity contribution < 1.29 is 32.2 Å². The van der Waals surface area contributed by atoms with Gasteiger partial charge >= 0.3 is 12.1 Å². The first-order chi connectivity index (χ1) is 9.34. The Morgan fingerprint density at radius 2 is 2.10 bits per heavy atom. The number of halogens is 3. The number of alkyl halides is 3. The van der Waals surface area contributed by atoms with Gasteiger partial charge in [-0.2, -0.15) is 13.2 Å². The molecular formula is C13H11F3O4. The Hall–Kier alpha value is -2.05. The number of ether oxygens (including phenoxy) is 2. The van der Waals surface area contributed by atoms with Gasteiger partial charge in [0.25, 0.3) is 0 Å². The second-order valence-electron chi connectivity index (χ2n) is 4.29. The maximum Gasteiger partial charge on any atom is 0.416 e. The Morgan fingerprint density at radius 1 is 1.40 bits per heavy atom. The molecule has 0 amide bonds. The fourth-order valence-corrected chi connectivity index (χ4v) is 1.99. The third-order valence-electron chi connectivity index (χ3n) is 3.04. The fourth-order valence-electron chi connectivity index (χ4n) is 1.99. The molecular weight excluding hydrogens is 277 g/mol. The van der Waals surface area contributed by atoms with Crippen LogP contribution in [0, 0.1) is 5.92 Å². The summed E-state index contributed by atoms with van der Waals surface area (Å²) in [6.45, 7) is -0.0280. The summed E-state index contributed by atoms with van der Waals surface area (Å²) >= 11 is 0. The van der Waals surface area contributed by atoms with E-state index in [1.165, 1.54) is 0 Å². The van der Waals surface area contributed by atoms with E-state index in [0.717, 1.165) is 25.3 Å². The molecule has 0 aliphatic carbocycles. The second kappa shape index (κ2) is 5.15. The van der Waals surface area contributed by atoms with Crippen LogP contribution in [0.25, 0.3) is 0 Å². The predicted molar refractivity (Wildman–Crippen MR) is 61.4 cm³/mol. The number of hydrogen-bond donors (Lipinski definition) is 0. The smallest absolute Gasteiger partial charge is 0.416 e. The lowest BCUT2D eigenvalue weighted by molar-refractivity contribution is -0.144. The van der Waals surface area contributed by atoms with Gasteiger partial charge in [-0.1, -0.05) is 0 Å². The van der Waals surface area contributed by atoms with E-state index in [-0.39, 0.29) is 24.3 Å². The molecule has 0 aromatic heterocycles. The summed E-state index contributed by atoms with van der Waals surface area (Å²) < 4.78 is 47.5. The van der Waals surface area contributed by atoms with Crippen LogP contribution in [0.5, 0.6) is 5.75 Å². The first-order valence-electron chi connectivity index (χ1n) is 5.80. The van der Waals surface area contributed by atoms with Gasteiger partial charge in [-0.25, -0.2) is 0 Å². The molecule has 1 atom stereocenters. The fraction of sp³-hybridized carbons (Fsp3) is 0.385. The topological polar surface area (TPSA) is 52.6 Å². The van der Waals surface area contributed by atoms with Gasteiger partial charge in [-0.3, -0.25) is 9.59 Å². The number of fused-ring (bicyclic) bond motifs is 1. The van der Waals surface area contributed by atoms with Gasteiger partial charge in [0.05, 0.1) is 24.8 Å². The van der Waals surface area contributed by atoms with Crippen LogP contribution in [-0.4, -0.2) is 25.5 Å². The Morgan fingerprint density at radius 3 is 2.70 bits per heavy atom. The average molecular weight is 288 g/mol. The SMILES string of the molecule is COC(=O)C1CCOc2cc(C(F)(F)F)ccc2C1=O. The third-order valence-corrected chi connectivity index (χ3v) is 3.04. The van der Waals surface area contributed by atoms with E-state index in [4.69, 9.17) is 4.74 Å². The van der Waals surface area contributed by atoms with Crippen LogP contribution in [0.1, 0.15) is 22.3 Å². The zero-order valence-corrected chi connectivity index (χ0v) is 10.5. The van der Waals surface area contributed by atoms with Crippen LogP contribution in [0.2, 0.25) is 0 Å². The van der Waals surface area contributed by atoms with Crippen molar-refractivity contribution in [3.63, 3.8) is 0 Å². The Labute approximate surface area is 112 Å². The summed E-state index contributed by atoms with van der Waals surface area (Å²) in [4.78, 5) is 23.6. The monoisotopic (exact) mass is 288 g/mol. The van der Waals surface area contributed by atoms with Crippen molar-refractivity contribution in [2.45, 2.75) is 12.6 Å². The molecule has 108 valence electrons. The molecule has 1 heterocycles. The van der Waals surface area contributed by atoms with Gasteiger partial charge in [0.2, 0.25) is 0 Å². The molecule has 1 aromatic carbocycles. The number of hydrogen-bond acceptors (Lipinski definition) is 4. The van der Waals surface area contributed by atoms with Crippen LogP contribution in [0.3, 0.4) is 0 Å². The van der Waals surface area contributed by atoms with Crippen LogP contribution in [0.4, 0.5) is 13.2 Å². The molecule has 0 saturated heterocycles. The minimum Gasteiger partial charge on any atom is -0.493 e. The molecule has 4 nitrogen and oxygen atoms in total. The number of benzene rings is 1. The number of Topliss-reactive ketones (excluding diaryl/α,β-unsaturated/α-hetero) is 1. The molecule has 7 heteroatoms. The molecule has 0 bridgehead atoms. The Bertz CT molecular complexity index is 551. The first kappa shape index (κ1) is 14.4. The standard InChI is InChI=1S/C13H11F3O4/c1-19-12(18)9-4-5-20-10-6-7(13(14,15)16)2-3-8(10)11(9)17/h2-3,6,9H,4-5H2,1H3. The third kappa shape index (κ3) is 2.61. The molecule has 0 saturated carbocycles. The van der Waals surface area contributed by atoms with Gasteiger partial charge in [0.1, 0.15) is 11.7 Å². The van der Waals surface area contributed by atoms with Crippen LogP contribution in [0.15, 0.2) is 18.2 Å². The second-order valence-corrected chi connectivity index (χ2v) is 4.29. The minimum absolute atomic E-state index is 0.0280. The largest absolute Gasteiger partial charge is 0.493 e. The van der Waals surface area contributed by atoms with E-state index < -0.39 is 29.4 Å². The lowest BCUT2D eigenvalue weighted by Crippen LogP contribution is -2.25. The Balaban J connectivity index is 2.41. The van der Waals surface area contributed by atoms with E-state index >= 15 is 0 Å². The number of ketones is 1. The summed E-state index contributed by atoms with van der Waals surface area (Å²) in [5.74, 6) is -2.50. The molecule has 0 N–H and O–H groups in total. The van der Waals surface area contributed by atoms with Gasteiger partial charge in [0, 0.05) is 6.42 Å². The van der Waals surface area contributed by atoms with Crippen molar-refractivity contribution in [1.82, 2.24) is 0 Å². The van der Waals surface area contributed by atoms with Crippen molar-refractivity contribution in [2.24, 2.45) is 5.92 Å². The van der Waals surface area contributed by atoms with Crippen molar-refractivity contribution in [3.8, 4) is 5.75 Å². The average Bonchev–Trinajstić information content (AvgIpc) is 2.56. The highest BCUT2D eigenvalue weighted by Gasteiger charge is 2.36. The van der Waals surface area contributed by atoms with E-state index in [0.29, 0.717) is 0 Å². The van der Waals surface area contributed by atoms with Crippen molar-refractivity contribution >= 4 is 11.8 Å². The predicted octanol–water partition coefficient (Wildman–Crippen LogP) is 2.46. The van der Waals surface area contributed by atoms with E-state index in [2.05, 4.69) is 4.74 Å². The number of carbonyl (C=O) groups excluding carboxylic acids is 2. The number of carbonyl (C=O) groups is 2. The van der Waals surface area contributed by atoms with Crippen molar-refractivity contribution in [2.75, 3.05) is 13.7 Å². The van der Waals surface area contributed by atoms with Gasteiger partial charge in [-0.15, -0.1) is 0 Å². The highest BCUT2D eigenvalue weighted by Crippen LogP contribution is 2.35. The summed E-state index contributed by atoms with van der Waals surface area (Å²) in [5.41, 5.74) is -0.938. The molecule has 1 aliphatic heterocycles. The molecule has 2 rings (SSSR count). The summed E-state index contributed by atoms with van der Waals surface area (Å²) in [6.07, 6.45) is -4.45. The number of rotatable bonds is 1. The summed E-state index contributed by atoms with van der Waals surface area (Å²) in [7, 11) is 1.15. The van der Waals surface area contributed by atoms with Crippen LogP contribution in [-0.2, 0) is 15.7 Å². The first-order valence-corrected chi connectivity index (χ1v) is 5.80. The zero-order chi connectivity index (χ0) is 14.9. The molecule has 0 radical (unpaired) electrons. The van der Waals surface area contributed by atoms with E-state index in [1.54, 1.807) is 0 Å². The molecule has 1 aromatic rings. The maximum atomic E-state index is 12.6. The molecule has 1 unspecified atom stereocenters. The molecule has 0 spiro atoms. The highest BCUT2D eigenvalue weighted by molar-refractivity contribution is 6.10. The van der Waals surface area contributed by atoms with E-state index in [1.807, 2.05) is 0 Å². The summed E-state index contributed by atoms with van der Waals surface area (Å²) in [5, 5.41) is 0. The van der Waals surface area contributed by atoms with Crippen molar-refractivity contribution in [3.05, 3.63) is 29.3 Å². The zero-order valence-electron chi connectivity index (χ0n) is 10.5. The molecule has 0 fully saturated rings. The lowest BCUT2D eigenvalue weighted by Gasteiger charge is -2.11. The normalized spacial score (nSPS) is 18.8. The van der Waals surface area contributed by atoms with Crippen LogP contribution >= 0.6 is 0 Å². The maximum absolute atomic E-state index is 12.6. The van der Waals surface area contributed by atoms with Crippen molar-refractivity contribution in [1.29, 1.82) is 0 Å². The van der Waals surface area contributed by atoms with Gasteiger partial charge < -0.3 is 9.47 Å². The van der Waals surface area contributed by atoms with Crippen LogP contribution < -0.4 is 4.74 Å². The molecule has 20 heavy (non-hydrogen) atoms. The van der Waals surface area contributed by atoms with Gasteiger partial charge in [0.15, 0.2) is 5.78 Å².